The summed E-state index contributed by atoms with van der Waals surface area (Å²) in [5.41, 5.74) is 0. The Morgan fingerprint density at radius 1 is 1.42 bits per heavy atom. The van der Waals surface area contributed by atoms with E-state index in [0.717, 1.165) is 4.90 Å². The summed E-state index contributed by atoms with van der Waals surface area (Å²) in [5, 5.41) is 17.1. The standard InChI is InChI=1S/C7H9NO4/c9-6(10)5-2-1-3-8(4-5)7(11)12/h1,3,5H,2,4H2,(H,9,10)(H,11,12). The number of carboxylic acids is 1. The van der Waals surface area contributed by atoms with Crippen molar-refractivity contribution in [1.82, 2.24) is 4.90 Å². The number of aliphatic carboxylic acids is 1. The molecular weight excluding hydrogens is 162 g/mol. The van der Waals surface area contributed by atoms with Gasteiger partial charge in [0.1, 0.15) is 0 Å². The van der Waals surface area contributed by atoms with Crippen LogP contribution < -0.4 is 0 Å². The Hall–Kier alpha value is -1.52. The maximum absolute atomic E-state index is 10.5. The van der Waals surface area contributed by atoms with E-state index < -0.39 is 18.0 Å². The zero-order valence-electron chi connectivity index (χ0n) is 6.30. The molecule has 66 valence electrons. The quantitative estimate of drug-likeness (QED) is 0.605. The molecule has 1 unspecified atom stereocenters. The molecule has 0 aliphatic carbocycles. The third-order valence-electron chi connectivity index (χ3n) is 1.72. The average Bonchev–Trinajstić information content (AvgIpc) is 2.04. The van der Waals surface area contributed by atoms with Crippen molar-refractivity contribution < 1.29 is 19.8 Å². The van der Waals surface area contributed by atoms with Gasteiger partial charge in [0.15, 0.2) is 0 Å². The topological polar surface area (TPSA) is 77.8 Å². The summed E-state index contributed by atoms with van der Waals surface area (Å²) >= 11 is 0. The summed E-state index contributed by atoms with van der Waals surface area (Å²) in [5.74, 6) is -1.56. The van der Waals surface area contributed by atoms with Gasteiger partial charge in [0.25, 0.3) is 0 Å². The van der Waals surface area contributed by atoms with E-state index in [-0.39, 0.29) is 6.54 Å². The molecule has 0 aromatic carbocycles. The lowest BCUT2D eigenvalue weighted by Crippen LogP contribution is -2.35. The zero-order chi connectivity index (χ0) is 9.14. The van der Waals surface area contributed by atoms with E-state index in [2.05, 4.69) is 0 Å². The Bertz CT molecular complexity index is 236. The molecule has 1 aliphatic rings. The Labute approximate surface area is 68.9 Å². The van der Waals surface area contributed by atoms with Crippen LogP contribution in [-0.4, -0.2) is 33.7 Å². The van der Waals surface area contributed by atoms with Gasteiger partial charge in [-0.1, -0.05) is 6.08 Å². The molecule has 0 saturated carbocycles. The van der Waals surface area contributed by atoms with E-state index in [0.29, 0.717) is 6.42 Å². The highest BCUT2D eigenvalue weighted by molar-refractivity contribution is 5.73. The second-order valence-electron chi connectivity index (χ2n) is 2.59. The third kappa shape index (κ3) is 1.75. The van der Waals surface area contributed by atoms with Crippen LogP contribution in [0.5, 0.6) is 0 Å². The van der Waals surface area contributed by atoms with Crippen molar-refractivity contribution in [2.24, 2.45) is 5.92 Å². The lowest BCUT2D eigenvalue weighted by Gasteiger charge is -2.22. The molecule has 0 bridgehead atoms. The highest BCUT2D eigenvalue weighted by Crippen LogP contribution is 2.13. The Morgan fingerprint density at radius 2 is 2.08 bits per heavy atom. The van der Waals surface area contributed by atoms with Gasteiger partial charge in [-0.05, 0) is 6.42 Å². The van der Waals surface area contributed by atoms with Gasteiger partial charge in [0, 0.05) is 12.7 Å². The first-order chi connectivity index (χ1) is 5.61. The first-order valence-electron chi connectivity index (χ1n) is 3.50. The Balaban J connectivity index is 2.63. The minimum Gasteiger partial charge on any atom is -0.481 e. The summed E-state index contributed by atoms with van der Waals surface area (Å²) in [7, 11) is 0. The molecule has 0 fully saturated rings. The number of allylic oxidation sites excluding steroid dienone is 1. The number of carboxylic acid groups (broad SMARTS) is 2. The van der Waals surface area contributed by atoms with Crippen LogP contribution in [0.15, 0.2) is 12.3 Å². The summed E-state index contributed by atoms with van der Waals surface area (Å²) < 4.78 is 0. The molecule has 1 atom stereocenters. The van der Waals surface area contributed by atoms with Gasteiger partial charge in [0.2, 0.25) is 0 Å². The molecule has 1 rings (SSSR count). The number of hydrogen-bond acceptors (Lipinski definition) is 2. The van der Waals surface area contributed by atoms with Crippen molar-refractivity contribution in [1.29, 1.82) is 0 Å². The van der Waals surface area contributed by atoms with E-state index in [1.54, 1.807) is 6.08 Å². The molecule has 1 aliphatic heterocycles. The van der Waals surface area contributed by atoms with Crippen molar-refractivity contribution in [3.63, 3.8) is 0 Å². The first kappa shape index (κ1) is 8.58. The molecule has 12 heavy (non-hydrogen) atoms. The van der Waals surface area contributed by atoms with Crippen LogP contribution in [0.25, 0.3) is 0 Å². The van der Waals surface area contributed by atoms with E-state index in [4.69, 9.17) is 10.2 Å². The summed E-state index contributed by atoms with van der Waals surface area (Å²) in [6, 6.07) is 0. The molecule has 0 saturated heterocycles. The van der Waals surface area contributed by atoms with Crippen LogP contribution in [0, 0.1) is 5.92 Å². The van der Waals surface area contributed by atoms with Crippen LogP contribution in [-0.2, 0) is 4.79 Å². The normalized spacial score (nSPS) is 22.3. The predicted octanol–water partition coefficient (Wildman–Crippen LogP) is 0.585. The van der Waals surface area contributed by atoms with Crippen molar-refractivity contribution in [3.05, 3.63) is 12.3 Å². The van der Waals surface area contributed by atoms with Crippen LogP contribution in [0.3, 0.4) is 0 Å². The predicted molar refractivity (Wildman–Crippen MR) is 39.6 cm³/mol. The van der Waals surface area contributed by atoms with E-state index in [1.165, 1.54) is 6.20 Å². The SMILES string of the molecule is O=C(O)C1CC=CN(C(=O)O)C1. The van der Waals surface area contributed by atoms with Crippen LogP contribution in [0.1, 0.15) is 6.42 Å². The molecule has 1 heterocycles. The van der Waals surface area contributed by atoms with E-state index >= 15 is 0 Å². The minimum absolute atomic E-state index is 0.0428. The van der Waals surface area contributed by atoms with Crippen molar-refractivity contribution in [2.75, 3.05) is 6.54 Å². The van der Waals surface area contributed by atoms with Crippen LogP contribution in [0.2, 0.25) is 0 Å². The summed E-state index contributed by atoms with van der Waals surface area (Å²) in [4.78, 5) is 21.8. The molecule has 5 nitrogen and oxygen atoms in total. The lowest BCUT2D eigenvalue weighted by atomic mass is 10.0. The Morgan fingerprint density at radius 3 is 2.58 bits per heavy atom. The molecule has 1 amide bonds. The fraction of sp³-hybridized carbons (Fsp3) is 0.429. The molecule has 2 N–H and O–H groups in total. The van der Waals surface area contributed by atoms with Gasteiger partial charge >= 0.3 is 12.1 Å². The fourth-order valence-corrected chi connectivity index (χ4v) is 1.05. The summed E-state index contributed by atoms with van der Waals surface area (Å²) in [6.07, 6.45) is 2.23. The second kappa shape index (κ2) is 3.25. The molecule has 5 heteroatoms. The highest BCUT2D eigenvalue weighted by atomic mass is 16.4. The first-order valence-corrected chi connectivity index (χ1v) is 3.50. The number of nitrogens with zero attached hydrogens (tertiary/aromatic N) is 1. The van der Waals surface area contributed by atoms with Gasteiger partial charge in [-0.3, -0.25) is 9.69 Å². The van der Waals surface area contributed by atoms with E-state index in [9.17, 15) is 9.59 Å². The zero-order valence-corrected chi connectivity index (χ0v) is 6.30. The fourth-order valence-electron chi connectivity index (χ4n) is 1.05. The minimum atomic E-state index is -1.11. The number of carbonyl (C=O) groups is 2. The highest BCUT2D eigenvalue weighted by Gasteiger charge is 2.24. The maximum Gasteiger partial charge on any atom is 0.411 e. The number of amides is 1. The van der Waals surface area contributed by atoms with Gasteiger partial charge in [-0.25, -0.2) is 4.79 Å². The number of rotatable bonds is 1. The smallest absolute Gasteiger partial charge is 0.411 e. The molecule has 0 spiro atoms. The van der Waals surface area contributed by atoms with Gasteiger partial charge < -0.3 is 10.2 Å². The largest absolute Gasteiger partial charge is 0.481 e. The maximum atomic E-state index is 10.5. The van der Waals surface area contributed by atoms with E-state index in [1.807, 2.05) is 0 Å². The van der Waals surface area contributed by atoms with Gasteiger partial charge in [-0.15, -0.1) is 0 Å². The van der Waals surface area contributed by atoms with Crippen LogP contribution >= 0.6 is 0 Å². The summed E-state index contributed by atoms with van der Waals surface area (Å²) in [6.45, 7) is 0.0428. The molecule has 0 aromatic rings. The Kier molecular flexibility index (Phi) is 2.32. The third-order valence-corrected chi connectivity index (χ3v) is 1.72. The van der Waals surface area contributed by atoms with Crippen molar-refractivity contribution in [3.8, 4) is 0 Å². The average molecular weight is 171 g/mol. The second-order valence-corrected chi connectivity index (χ2v) is 2.59. The van der Waals surface area contributed by atoms with Gasteiger partial charge in [-0.2, -0.15) is 0 Å². The monoisotopic (exact) mass is 171 g/mol. The van der Waals surface area contributed by atoms with Crippen molar-refractivity contribution >= 4 is 12.1 Å². The number of hydrogen-bond donors (Lipinski definition) is 2. The van der Waals surface area contributed by atoms with Crippen molar-refractivity contribution in [2.45, 2.75) is 6.42 Å². The lowest BCUT2D eigenvalue weighted by molar-refractivity contribution is -0.142. The van der Waals surface area contributed by atoms with Crippen LogP contribution in [0.4, 0.5) is 4.79 Å². The molecule has 0 radical (unpaired) electrons. The van der Waals surface area contributed by atoms with Gasteiger partial charge in [0.05, 0.1) is 5.92 Å². The molecule has 0 aromatic heterocycles. The molecular formula is C7H9NO4.